The van der Waals surface area contributed by atoms with Crippen LogP contribution in [0.2, 0.25) is 0 Å². The van der Waals surface area contributed by atoms with Crippen LogP contribution in [0.5, 0.6) is 0 Å². The van der Waals surface area contributed by atoms with Crippen molar-refractivity contribution in [3.8, 4) is 0 Å². The Balaban J connectivity index is 1.74. The molecule has 0 bridgehead atoms. The van der Waals surface area contributed by atoms with Gasteiger partial charge in [-0.2, -0.15) is 13.2 Å². The Morgan fingerprint density at radius 1 is 1.33 bits per heavy atom. The average Bonchev–Trinajstić information content (AvgIpc) is 3.08. The highest BCUT2D eigenvalue weighted by atomic mass is 19.4. The molecule has 98 valence electrons. The molecule has 0 spiro atoms. The zero-order valence-electron chi connectivity index (χ0n) is 9.61. The molecule has 1 aromatic rings. The van der Waals surface area contributed by atoms with Crippen molar-refractivity contribution in [1.82, 2.24) is 4.98 Å². The van der Waals surface area contributed by atoms with Gasteiger partial charge in [0.1, 0.15) is 11.4 Å². The zero-order valence-corrected chi connectivity index (χ0v) is 9.61. The van der Waals surface area contributed by atoms with Crippen molar-refractivity contribution >= 4 is 5.82 Å². The van der Waals surface area contributed by atoms with Crippen LogP contribution in [0.1, 0.15) is 18.4 Å². The number of nitrogens with zero attached hydrogens (tertiary/aromatic N) is 2. The first kappa shape index (κ1) is 11.8. The van der Waals surface area contributed by atoms with Crippen LogP contribution in [-0.4, -0.2) is 28.8 Å². The van der Waals surface area contributed by atoms with Crippen LogP contribution >= 0.6 is 0 Å². The van der Waals surface area contributed by atoms with Crippen molar-refractivity contribution in [1.29, 1.82) is 0 Å². The molecule has 0 unspecified atom stereocenters. The van der Waals surface area contributed by atoms with E-state index < -0.39 is 17.3 Å². The molecule has 2 fully saturated rings. The summed E-state index contributed by atoms with van der Waals surface area (Å²) in [7, 11) is 0. The smallest absolute Gasteiger partial charge is 0.386 e. The summed E-state index contributed by atoms with van der Waals surface area (Å²) in [5, 5.41) is 10.1. The van der Waals surface area contributed by atoms with Crippen LogP contribution in [0, 0.1) is 5.92 Å². The third-order valence-corrected chi connectivity index (χ3v) is 3.66. The third kappa shape index (κ3) is 1.94. The van der Waals surface area contributed by atoms with Crippen molar-refractivity contribution in [3.63, 3.8) is 0 Å². The SMILES string of the molecule is OC1(C2CC2)CN(c2cc(C(F)(F)F)ccn2)C1. The molecule has 1 aliphatic carbocycles. The van der Waals surface area contributed by atoms with Crippen LogP contribution in [0.4, 0.5) is 19.0 Å². The van der Waals surface area contributed by atoms with Gasteiger partial charge in [0, 0.05) is 6.20 Å². The fourth-order valence-electron chi connectivity index (χ4n) is 2.42. The molecule has 3 rings (SSSR count). The standard InChI is InChI=1S/C12H13F3N2O/c13-12(14,15)9-3-4-16-10(5-9)17-6-11(18,7-17)8-1-2-8/h3-5,8,18H,1-2,6-7H2. The number of alkyl halides is 3. The molecule has 6 heteroatoms. The summed E-state index contributed by atoms with van der Waals surface area (Å²) in [4.78, 5) is 5.62. The molecule has 1 N–H and O–H groups in total. The van der Waals surface area contributed by atoms with Gasteiger partial charge in [0.25, 0.3) is 0 Å². The van der Waals surface area contributed by atoms with Crippen LogP contribution in [-0.2, 0) is 6.18 Å². The fraction of sp³-hybridized carbons (Fsp3) is 0.583. The first-order chi connectivity index (χ1) is 8.38. The summed E-state index contributed by atoms with van der Waals surface area (Å²) in [6, 6.07) is 1.99. The van der Waals surface area contributed by atoms with Crippen molar-refractivity contribution in [3.05, 3.63) is 23.9 Å². The quantitative estimate of drug-likeness (QED) is 0.882. The number of anilines is 1. The maximum atomic E-state index is 12.5. The van der Waals surface area contributed by atoms with E-state index >= 15 is 0 Å². The molecular weight excluding hydrogens is 245 g/mol. The van der Waals surface area contributed by atoms with Gasteiger partial charge in [0.2, 0.25) is 0 Å². The predicted octanol–water partition coefficient (Wildman–Crippen LogP) is 2.06. The van der Waals surface area contributed by atoms with Gasteiger partial charge in [-0.05, 0) is 30.9 Å². The molecule has 0 amide bonds. The lowest BCUT2D eigenvalue weighted by Crippen LogP contribution is -2.63. The van der Waals surface area contributed by atoms with E-state index in [4.69, 9.17) is 0 Å². The predicted molar refractivity (Wildman–Crippen MR) is 59.1 cm³/mol. The average molecular weight is 258 g/mol. The molecule has 0 atom stereocenters. The number of β-amino-alcohol motifs (C(OH)–C–C–N with tert-alkyl or cyclic N) is 1. The minimum atomic E-state index is -4.35. The molecule has 1 aromatic heterocycles. The second-order valence-corrected chi connectivity index (χ2v) is 5.13. The molecule has 1 aliphatic heterocycles. The maximum absolute atomic E-state index is 12.5. The normalized spacial score (nSPS) is 22.8. The highest BCUT2D eigenvalue weighted by molar-refractivity contribution is 5.46. The Hall–Kier alpha value is -1.30. The van der Waals surface area contributed by atoms with Gasteiger partial charge in [-0.1, -0.05) is 0 Å². The number of rotatable bonds is 2. The Labute approximate surface area is 102 Å². The summed E-state index contributed by atoms with van der Waals surface area (Å²) in [6.07, 6.45) is -1.16. The van der Waals surface area contributed by atoms with E-state index in [9.17, 15) is 18.3 Å². The molecule has 1 saturated heterocycles. The van der Waals surface area contributed by atoms with Crippen molar-refractivity contribution in [2.75, 3.05) is 18.0 Å². The van der Waals surface area contributed by atoms with Crippen LogP contribution in [0.3, 0.4) is 0 Å². The van der Waals surface area contributed by atoms with E-state index in [1.807, 2.05) is 0 Å². The van der Waals surface area contributed by atoms with Crippen LogP contribution in [0.15, 0.2) is 18.3 Å². The number of pyridine rings is 1. The lowest BCUT2D eigenvalue weighted by Gasteiger charge is -2.47. The van der Waals surface area contributed by atoms with E-state index in [2.05, 4.69) is 4.98 Å². The number of halogens is 3. The highest BCUT2D eigenvalue weighted by Gasteiger charge is 2.52. The zero-order chi connectivity index (χ0) is 13.0. The van der Waals surface area contributed by atoms with Crippen molar-refractivity contribution < 1.29 is 18.3 Å². The van der Waals surface area contributed by atoms with E-state index in [-0.39, 0.29) is 5.82 Å². The summed E-state index contributed by atoms with van der Waals surface area (Å²) in [5.74, 6) is 0.606. The fourth-order valence-corrected chi connectivity index (χ4v) is 2.42. The Kier molecular flexibility index (Phi) is 2.35. The lowest BCUT2D eigenvalue weighted by atomic mass is 9.89. The molecule has 2 heterocycles. The summed E-state index contributed by atoms with van der Waals surface area (Å²) < 4.78 is 37.6. The Bertz CT molecular complexity index is 465. The van der Waals surface area contributed by atoms with Gasteiger partial charge >= 0.3 is 6.18 Å². The molecule has 0 aromatic carbocycles. The van der Waals surface area contributed by atoms with Gasteiger partial charge in [-0.3, -0.25) is 0 Å². The van der Waals surface area contributed by atoms with E-state index in [1.54, 1.807) is 4.90 Å². The molecular formula is C12H13F3N2O. The summed E-state index contributed by atoms with van der Waals surface area (Å²) >= 11 is 0. The molecule has 18 heavy (non-hydrogen) atoms. The minimum Gasteiger partial charge on any atom is -0.386 e. The minimum absolute atomic E-state index is 0.287. The molecule has 0 radical (unpaired) electrons. The van der Waals surface area contributed by atoms with Crippen LogP contribution < -0.4 is 4.90 Å². The monoisotopic (exact) mass is 258 g/mol. The van der Waals surface area contributed by atoms with Crippen molar-refractivity contribution in [2.45, 2.75) is 24.6 Å². The largest absolute Gasteiger partial charge is 0.416 e. The topological polar surface area (TPSA) is 36.4 Å². The summed E-state index contributed by atoms with van der Waals surface area (Å²) in [6.45, 7) is 0.762. The number of hydrogen-bond donors (Lipinski definition) is 1. The van der Waals surface area contributed by atoms with E-state index in [1.165, 1.54) is 0 Å². The third-order valence-electron chi connectivity index (χ3n) is 3.66. The summed E-state index contributed by atoms with van der Waals surface area (Å²) in [5.41, 5.74) is -1.41. The number of aromatic nitrogens is 1. The van der Waals surface area contributed by atoms with Gasteiger partial charge in [0.15, 0.2) is 0 Å². The lowest BCUT2D eigenvalue weighted by molar-refractivity contribution is -0.137. The van der Waals surface area contributed by atoms with E-state index in [0.29, 0.717) is 19.0 Å². The van der Waals surface area contributed by atoms with Gasteiger partial charge < -0.3 is 10.0 Å². The van der Waals surface area contributed by atoms with Gasteiger partial charge in [-0.25, -0.2) is 4.98 Å². The number of aliphatic hydroxyl groups is 1. The molecule has 3 nitrogen and oxygen atoms in total. The second kappa shape index (κ2) is 3.60. The van der Waals surface area contributed by atoms with Gasteiger partial charge in [-0.15, -0.1) is 0 Å². The maximum Gasteiger partial charge on any atom is 0.416 e. The second-order valence-electron chi connectivity index (χ2n) is 5.13. The number of hydrogen-bond acceptors (Lipinski definition) is 3. The molecule has 2 aliphatic rings. The Morgan fingerprint density at radius 3 is 2.56 bits per heavy atom. The van der Waals surface area contributed by atoms with Gasteiger partial charge in [0.05, 0.1) is 18.7 Å². The molecule has 1 saturated carbocycles. The van der Waals surface area contributed by atoms with Crippen molar-refractivity contribution in [2.24, 2.45) is 5.92 Å². The Morgan fingerprint density at radius 2 is 2.00 bits per heavy atom. The van der Waals surface area contributed by atoms with E-state index in [0.717, 1.165) is 31.2 Å². The highest BCUT2D eigenvalue weighted by Crippen LogP contribution is 2.45. The first-order valence-corrected chi connectivity index (χ1v) is 5.89. The van der Waals surface area contributed by atoms with Crippen LogP contribution in [0.25, 0.3) is 0 Å². The first-order valence-electron chi connectivity index (χ1n) is 5.89.